The van der Waals surface area contributed by atoms with E-state index in [4.69, 9.17) is 12.2 Å². The van der Waals surface area contributed by atoms with Crippen LogP contribution in [-0.4, -0.2) is 45.8 Å². The minimum atomic E-state index is -0.199. The van der Waals surface area contributed by atoms with Gasteiger partial charge in [0.05, 0.1) is 6.67 Å². The van der Waals surface area contributed by atoms with Gasteiger partial charge in [-0.1, -0.05) is 30.3 Å². The predicted octanol–water partition coefficient (Wildman–Crippen LogP) is 3.53. The zero-order chi connectivity index (χ0) is 17.9. The van der Waals surface area contributed by atoms with Crippen molar-refractivity contribution in [2.45, 2.75) is 6.67 Å². The average Bonchev–Trinajstić information content (AvgIpc) is 3.04. The molecule has 1 aliphatic heterocycles. The maximum Gasteiger partial charge on any atom is 0.217 e. The topological polar surface area (TPSA) is 40.1 Å². The van der Waals surface area contributed by atoms with Crippen molar-refractivity contribution in [3.05, 3.63) is 65.2 Å². The molecule has 1 N–H and O–H groups in total. The molecule has 0 spiro atoms. The van der Waals surface area contributed by atoms with Crippen molar-refractivity contribution < 1.29 is 4.39 Å². The summed E-state index contributed by atoms with van der Waals surface area (Å²) in [5.41, 5.74) is 2.09. The molecule has 0 amide bonds. The fourth-order valence-electron chi connectivity index (χ4n) is 3.18. The standard InChI is InChI=1S/C19H20FN5S/c20-16-6-8-17(9-7-16)24-12-10-23(11-13-24)14-25-19(26)21-18(22-25)15-4-2-1-3-5-15/h1-9H,10-14H2,(H,21,22,26). The van der Waals surface area contributed by atoms with Crippen LogP contribution in [0.4, 0.5) is 10.1 Å². The van der Waals surface area contributed by atoms with Crippen molar-refractivity contribution in [3.8, 4) is 11.4 Å². The van der Waals surface area contributed by atoms with Gasteiger partial charge in [-0.2, -0.15) is 4.98 Å². The maximum absolute atomic E-state index is 13.1. The number of aromatic amines is 1. The van der Waals surface area contributed by atoms with Crippen LogP contribution < -0.4 is 4.90 Å². The lowest BCUT2D eigenvalue weighted by atomic mass is 10.2. The van der Waals surface area contributed by atoms with Gasteiger partial charge in [-0.15, -0.1) is 0 Å². The molecule has 134 valence electrons. The highest BCUT2D eigenvalue weighted by molar-refractivity contribution is 7.71. The van der Waals surface area contributed by atoms with Gasteiger partial charge >= 0.3 is 0 Å². The maximum atomic E-state index is 13.1. The second-order valence-electron chi connectivity index (χ2n) is 6.37. The van der Waals surface area contributed by atoms with Crippen LogP contribution in [0.1, 0.15) is 0 Å². The fraction of sp³-hybridized carbons (Fsp3) is 0.263. The summed E-state index contributed by atoms with van der Waals surface area (Å²) in [4.78, 5) is 9.08. The molecule has 7 heteroatoms. The normalized spacial score (nSPS) is 15.3. The molecule has 4 rings (SSSR count). The minimum absolute atomic E-state index is 0.199. The number of rotatable bonds is 4. The van der Waals surface area contributed by atoms with Crippen LogP contribution >= 0.6 is 12.2 Å². The molecule has 26 heavy (non-hydrogen) atoms. The predicted molar refractivity (Wildman–Crippen MR) is 103 cm³/mol. The summed E-state index contributed by atoms with van der Waals surface area (Å²) in [5, 5.41) is 3.30. The van der Waals surface area contributed by atoms with Crippen molar-refractivity contribution in [2.24, 2.45) is 0 Å². The molecule has 0 unspecified atom stereocenters. The van der Waals surface area contributed by atoms with Crippen molar-refractivity contribution >= 4 is 17.9 Å². The molecule has 5 nitrogen and oxygen atoms in total. The number of piperazine rings is 1. The van der Waals surface area contributed by atoms with E-state index in [0.29, 0.717) is 11.4 Å². The molecule has 2 aromatic carbocycles. The first-order chi connectivity index (χ1) is 12.7. The first kappa shape index (κ1) is 16.9. The van der Waals surface area contributed by atoms with Gasteiger partial charge in [0.25, 0.3) is 0 Å². The molecule has 0 bridgehead atoms. The Morgan fingerprint density at radius 3 is 2.35 bits per heavy atom. The summed E-state index contributed by atoms with van der Waals surface area (Å²) < 4.78 is 15.5. The van der Waals surface area contributed by atoms with Crippen molar-refractivity contribution in [1.82, 2.24) is 19.7 Å². The largest absolute Gasteiger partial charge is 0.369 e. The first-order valence-corrected chi connectivity index (χ1v) is 9.05. The Morgan fingerprint density at radius 1 is 0.962 bits per heavy atom. The van der Waals surface area contributed by atoms with Crippen LogP contribution in [0.25, 0.3) is 11.4 Å². The molecule has 0 atom stereocenters. The Bertz CT molecular complexity index is 911. The molecule has 1 aliphatic rings. The Balaban J connectivity index is 1.40. The summed E-state index contributed by atoms with van der Waals surface area (Å²) in [6.07, 6.45) is 0. The van der Waals surface area contributed by atoms with E-state index in [-0.39, 0.29) is 5.82 Å². The minimum Gasteiger partial charge on any atom is -0.369 e. The van der Waals surface area contributed by atoms with Crippen molar-refractivity contribution in [2.75, 3.05) is 31.1 Å². The molecule has 1 saturated heterocycles. The molecule has 1 fully saturated rings. The highest BCUT2D eigenvalue weighted by atomic mass is 32.1. The number of H-pyrrole nitrogens is 1. The number of halogens is 1. The molecule has 1 aromatic heterocycles. The summed E-state index contributed by atoms with van der Waals surface area (Å²) >= 11 is 5.40. The van der Waals surface area contributed by atoms with E-state index in [9.17, 15) is 4.39 Å². The summed E-state index contributed by atoms with van der Waals surface area (Å²) in [7, 11) is 0. The van der Waals surface area contributed by atoms with Crippen LogP contribution in [-0.2, 0) is 6.67 Å². The zero-order valence-corrected chi connectivity index (χ0v) is 15.1. The van der Waals surface area contributed by atoms with Crippen molar-refractivity contribution in [1.29, 1.82) is 0 Å². The Labute approximate surface area is 156 Å². The summed E-state index contributed by atoms with van der Waals surface area (Å²) in [6.45, 7) is 4.32. The van der Waals surface area contributed by atoms with Gasteiger partial charge in [-0.25, -0.2) is 9.07 Å². The molecular formula is C19H20FN5S. The Kier molecular flexibility index (Phi) is 4.81. The van der Waals surface area contributed by atoms with Crippen molar-refractivity contribution in [3.63, 3.8) is 0 Å². The third kappa shape index (κ3) is 3.68. The van der Waals surface area contributed by atoms with E-state index in [0.717, 1.165) is 43.3 Å². The lowest BCUT2D eigenvalue weighted by Crippen LogP contribution is -2.47. The summed E-state index contributed by atoms with van der Waals surface area (Å²) in [5.74, 6) is 0.593. The molecular weight excluding hydrogens is 349 g/mol. The van der Waals surface area contributed by atoms with E-state index >= 15 is 0 Å². The second-order valence-corrected chi connectivity index (χ2v) is 6.74. The van der Waals surface area contributed by atoms with E-state index in [1.807, 2.05) is 47.1 Å². The Morgan fingerprint density at radius 2 is 1.65 bits per heavy atom. The van der Waals surface area contributed by atoms with Crippen LogP contribution in [0.15, 0.2) is 54.6 Å². The Hall–Kier alpha value is -2.51. The fourth-order valence-corrected chi connectivity index (χ4v) is 3.37. The summed E-state index contributed by atoms with van der Waals surface area (Å²) in [6, 6.07) is 16.7. The van der Waals surface area contributed by atoms with Gasteiger partial charge in [0.15, 0.2) is 5.82 Å². The van der Waals surface area contributed by atoms with E-state index in [1.165, 1.54) is 12.1 Å². The van der Waals surface area contributed by atoms with Gasteiger partial charge in [0, 0.05) is 37.4 Å². The lowest BCUT2D eigenvalue weighted by molar-refractivity contribution is 0.194. The van der Waals surface area contributed by atoms with Crippen LogP contribution in [0, 0.1) is 10.6 Å². The van der Waals surface area contributed by atoms with Gasteiger partial charge in [0.1, 0.15) is 5.82 Å². The lowest BCUT2D eigenvalue weighted by Gasteiger charge is -2.35. The average molecular weight is 369 g/mol. The number of benzene rings is 2. The third-order valence-electron chi connectivity index (χ3n) is 4.63. The molecule has 0 saturated carbocycles. The first-order valence-electron chi connectivity index (χ1n) is 8.64. The van der Waals surface area contributed by atoms with Gasteiger partial charge in [0.2, 0.25) is 4.77 Å². The SMILES string of the molecule is Fc1ccc(N2CCN(Cn3[nH]c(-c4ccccc4)nc3=S)CC2)cc1. The monoisotopic (exact) mass is 369 g/mol. The van der Waals surface area contributed by atoms with Gasteiger partial charge < -0.3 is 4.90 Å². The molecule has 2 heterocycles. The highest BCUT2D eigenvalue weighted by Crippen LogP contribution is 2.18. The highest BCUT2D eigenvalue weighted by Gasteiger charge is 2.18. The number of aromatic nitrogens is 3. The van der Waals surface area contributed by atoms with Gasteiger partial charge in [-0.05, 0) is 36.5 Å². The van der Waals surface area contributed by atoms with Gasteiger partial charge in [-0.3, -0.25) is 10.00 Å². The number of hydrogen-bond donors (Lipinski definition) is 1. The van der Waals surface area contributed by atoms with Crippen LogP contribution in [0.3, 0.4) is 0 Å². The van der Waals surface area contributed by atoms with E-state index in [1.54, 1.807) is 0 Å². The number of nitrogens with one attached hydrogen (secondary N) is 1. The van der Waals surface area contributed by atoms with E-state index in [2.05, 4.69) is 19.9 Å². The van der Waals surface area contributed by atoms with E-state index < -0.39 is 0 Å². The number of nitrogens with zero attached hydrogens (tertiary/aromatic N) is 4. The smallest absolute Gasteiger partial charge is 0.217 e. The van der Waals surface area contributed by atoms with Crippen LogP contribution in [0.2, 0.25) is 0 Å². The number of anilines is 1. The number of hydrogen-bond acceptors (Lipinski definition) is 4. The van der Waals surface area contributed by atoms with Crippen LogP contribution in [0.5, 0.6) is 0 Å². The second kappa shape index (κ2) is 7.39. The molecule has 0 radical (unpaired) electrons. The molecule has 0 aliphatic carbocycles. The molecule has 3 aromatic rings. The quantitative estimate of drug-likeness (QED) is 0.715. The third-order valence-corrected chi connectivity index (χ3v) is 4.94. The zero-order valence-electron chi connectivity index (χ0n) is 14.3.